The Morgan fingerprint density at radius 2 is 1.50 bits per heavy atom. The standard InChI is InChI=1S/C34H35Br2N3O4S/c1-3-20-37-34(41)32(21-26-8-5-4-6-9-26)38(23-27-14-16-28(35)17-15-27)33(40)24-39(30-11-7-10-29(36)22-30)44(42,43)31-18-12-25(2)13-19-31/h4-19,22,32H,3,20-21,23-24H2,1-2H3,(H,37,41). The Kier molecular flexibility index (Phi) is 11.8. The molecule has 44 heavy (non-hydrogen) atoms. The van der Waals surface area contributed by atoms with E-state index in [0.29, 0.717) is 16.7 Å². The summed E-state index contributed by atoms with van der Waals surface area (Å²) in [5.41, 5.74) is 2.93. The number of nitrogens with one attached hydrogen (secondary N) is 1. The van der Waals surface area contributed by atoms with Crippen LogP contribution >= 0.6 is 31.9 Å². The molecular formula is C34H35Br2N3O4S. The summed E-state index contributed by atoms with van der Waals surface area (Å²) in [5.74, 6) is -0.798. The van der Waals surface area contributed by atoms with Crippen LogP contribution in [0.15, 0.2) is 117 Å². The third-order valence-corrected chi connectivity index (χ3v) is 9.88. The maximum atomic E-state index is 14.4. The molecule has 2 amide bonds. The summed E-state index contributed by atoms with van der Waals surface area (Å²) >= 11 is 6.89. The van der Waals surface area contributed by atoms with Gasteiger partial charge in [-0.2, -0.15) is 0 Å². The molecule has 1 N–H and O–H groups in total. The molecule has 0 aromatic heterocycles. The molecule has 4 rings (SSSR count). The topological polar surface area (TPSA) is 86.8 Å². The Bertz CT molecular complexity index is 1670. The molecule has 0 heterocycles. The van der Waals surface area contributed by atoms with Gasteiger partial charge in [0, 0.05) is 28.5 Å². The largest absolute Gasteiger partial charge is 0.354 e. The number of amides is 2. The first-order chi connectivity index (χ1) is 21.1. The number of halogens is 2. The van der Waals surface area contributed by atoms with Crippen LogP contribution in [0.4, 0.5) is 5.69 Å². The van der Waals surface area contributed by atoms with E-state index >= 15 is 0 Å². The van der Waals surface area contributed by atoms with Crippen molar-refractivity contribution in [1.82, 2.24) is 10.2 Å². The SMILES string of the molecule is CCCNC(=O)C(Cc1ccccc1)N(Cc1ccc(Br)cc1)C(=O)CN(c1cccc(Br)c1)S(=O)(=O)c1ccc(C)cc1. The smallest absolute Gasteiger partial charge is 0.264 e. The second-order valence-electron chi connectivity index (χ2n) is 10.4. The molecule has 0 aliphatic carbocycles. The Balaban J connectivity index is 1.79. The van der Waals surface area contributed by atoms with Gasteiger partial charge in [-0.3, -0.25) is 13.9 Å². The van der Waals surface area contributed by atoms with Gasteiger partial charge in [-0.1, -0.05) is 105 Å². The highest BCUT2D eigenvalue weighted by Crippen LogP contribution is 2.27. The minimum Gasteiger partial charge on any atom is -0.354 e. The quantitative estimate of drug-likeness (QED) is 0.162. The molecule has 0 bridgehead atoms. The van der Waals surface area contributed by atoms with Crippen LogP contribution in [-0.4, -0.2) is 44.3 Å². The second kappa shape index (κ2) is 15.5. The Morgan fingerprint density at radius 1 is 0.818 bits per heavy atom. The lowest BCUT2D eigenvalue weighted by Crippen LogP contribution is -2.53. The lowest BCUT2D eigenvalue weighted by atomic mass is 10.0. The van der Waals surface area contributed by atoms with Crippen molar-refractivity contribution in [3.05, 3.63) is 129 Å². The van der Waals surface area contributed by atoms with Gasteiger partial charge in [0.1, 0.15) is 12.6 Å². The first kappa shape index (κ1) is 33.4. The molecule has 0 saturated heterocycles. The Labute approximate surface area is 276 Å². The van der Waals surface area contributed by atoms with Crippen molar-refractivity contribution < 1.29 is 18.0 Å². The number of aryl methyl sites for hydroxylation is 1. The minimum atomic E-state index is -4.16. The summed E-state index contributed by atoms with van der Waals surface area (Å²) in [6.45, 7) is 3.90. The third kappa shape index (κ3) is 8.80. The monoisotopic (exact) mass is 739 g/mol. The lowest BCUT2D eigenvalue weighted by Gasteiger charge is -2.34. The zero-order chi connectivity index (χ0) is 31.7. The summed E-state index contributed by atoms with van der Waals surface area (Å²) in [5, 5.41) is 2.96. The zero-order valence-corrected chi connectivity index (χ0v) is 28.6. The van der Waals surface area contributed by atoms with Gasteiger partial charge in [0.2, 0.25) is 11.8 Å². The van der Waals surface area contributed by atoms with E-state index in [1.54, 1.807) is 36.4 Å². The van der Waals surface area contributed by atoms with E-state index in [4.69, 9.17) is 0 Å². The number of hydrogen-bond donors (Lipinski definition) is 1. The predicted molar refractivity (Wildman–Crippen MR) is 182 cm³/mol. The molecule has 0 aliphatic heterocycles. The highest BCUT2D eigenvalue weighted by Gasteiger charge is 2.34. The van der Waals surface area contributed by atoms with E-state index < -0.39 is 28.5 Å². The van der Waals surface area contributed by atoms with E-state index in [1.807, 2.05) is 68.4 Å². The highest BCUT2D eigenvalue weighted by atomic mass is 79.9. The maximum Gasteiger partial charge on any atom is 0.264 e. The molecule has 1 atom stereocenters. The van der Waals surface area contributed by atoms with Gasteiger partial charge in [-0.15, -0.1) is 0 Å². The van der Waals surface area contributed by atoms with E-state index in [0.717, 1.165) is 31.9 Å². The summed E-state index contributed by atoms with van der Waals surface area (Å²) < 4.78 is 30.9. The molecule has 4 aromatic carbocycles. The molecule has 230 valence electrons. The number of anilines is 1. The Morgan fingerprint density at radius 3 is 2.14 bits per heavy atom. The molecule has 1 unspecified atom stereocenters. The van der Waals surface area contributed by atoms with Crippen molar-refractivity contribution >= 4 is 59.4 Å². The molecule has 0 fully saturated rings. The van der Waals surface area contributed by atoms with Crippen LogP contribution < -0.4 is 9.62 Å². The van der Waals surface area contributed by atoms with E-state index in [2.05, 4.69) is 37.2 Å². The van der Waals surface area contributed by atoms with Gasteiger partial charge in [0.15, 0.2) is 0 Å². The van der Waals surface area contributed by atoms with Crippen LogP contribution in [0.3, 0.4) is 0 Å². The number of benzene rings is 4. The maximum absolute atomic E-state index is 14.4. The first-order valence-corrected chi connectivity index (χ1v) is 17.3. The number of carbonyl (C=O) groups excluding carboxylic acids is 2. The van der Waals surface area contributed by atoms with Crippen molar-refractivity contribution in [2.75, 3.05) is 17.4 Å². The van der Waals surface area contributed by atoms with Gasteiger partial charge in [-0.25, -0.2) is 8.42 Å². The van der Waals surface area contributed by atoms with Gasteiger partial charge in [-0.05, 0) is 66.9 Å². The fourth-order valence-electron chi connectivity index (χ4n) is 4.70. The zero-order valence-electron chi connectivity index (χ0n) is 24.6. The fourth-order valence-corrected chi connectivity index (χ4v) is 6.76. The van der Waals surface area contributed by atoms with Crippen LogP contribution in [0.2, 0.25) is 0 Å². The number of nitrogens with zero attached hydrogens (tertiary/aromatic N) is 2. The average molecular weight is 742 g/mol. The normalized spacial score (nSPS) is 11.9. The van der Waals surface area contributed by atoms with Crippen molar-refractivity contribution in [3.8, 4) is 0 Å². The van der Waals surface area contributed by atoms with Crippen molar-refractivity contribution in [3.63, 3.8) is 0 Å². The molecule has 0 spiro atoms. The van der Waals surface area contributed by atoms with Gasteiger partial charge in [0.25, 0.3) is 10.0 Å². The average Bonchev–Trinajstić information content (AvgIpc) is 3.01. The van der Waals surface area contributed by atoms with Crippen LogP contribution in [0.5, 0.6) is 0 Å². The van der Waals surface area contributed by atoms with Crippen molar-refractivity contribution in [2.45, 2.75) is 44.2 Å². The number of carbonyl (C=O) groups is 2. The lowest BCUT2D eigenvalue weighted by molar-refractivity contribution is -0.140. The van der Waals surface area contributed by atoms with Crippen molar-refractivity contribution in [2.24, 2.45) is 0 Å². The molecule has 4 aromatic rings. The molecule has 0 radical (unpaired) electrons. The molecule has 7 nitrogen and oxygen atoms in total. The van der Waals surface area contributed by atoms with Gasteiger partial charge < -0.3 is 10.2 Å². The minimum absolute atomic E-state index is 0.0665. The van der Waals surface area contributed by atoms with Crippen LogP contribution in [0.1, 0.15) is 30.0 Å². The summed E-state index contributed by atoms with van der Waals surface area (Å²) in [6.07, 6.45) is 0.996. The van der Waals surface area contributed by atoms with Crippen LogP contribution in [-0.2, 0) is 32.6 Å². The number of rotatable bonds is 13. The van der Waals surface area contributed by atoms with E-state index in [9.17, 15) is 18.0 Å². The van der Waals surface area contributed by atoms with Gasteiger partial charge >= 0.3 is 0 Å². The molecule has 0 aliphatic rings. The van der Waals surface area contributed by atoms with Crippen LogP contribution in [0.25, 0.3) is 0 Å². The second-order valence-corrected chi connectivity index (χ2v) is 14.1. The third-order valence-electron chi connectivity index (χ3n) is 7.07. The van der Waals surface area contributed by atoms with E-state index in [-0.39, 0.29) is 23.8 Å². The molecule has 10 heteroatoms. The van der Waals surface area contributed by atoms with Gasteiger partial charge in [0.05, 0.1) is 10.6 Å². The first-order valence-electron chi connectivity index (χ1n) is 14.3. The van der Waals surface area contributed by atoms with Crippen molar-refractivity contribution in [1.29, 1.82) is 0 Å². The highest BCUT2D eigenvalue weighted by molar-refractivity contribution is 9.10. The number of sulfonamides is 1. The predicted octanol–water partition coefficient (Wildman–Crippen LogP) is 6.88. The summed E-state index contributed by atoms with van der Waals surface area (Å²) in [6, 6.07) is 29.5. The number of hydrogen-bond acceptors (Lipinski definition) is 4. The van der Waals surface area contributed by atoms with Crippen LogP contribution in [0, 0.1) is 6.92 Å². The Hall–Kier alpha value is -3.47. The summed E-state index contributed by atoms with van der Waals surface area (Å²) in [4.78, 5) is 29.7. The van der Waals surface area contributed by atoms with E-state index in [1.165, 1.54) is 17.0 Å². The molecule has 0 saturated carbocycles. The fraction of sp³-hybridized carbons (Fsp3) is 0.235. The summed E-state index contributed by atoms with van der Waals surface area (Å²) in [7, 11) is -4.16. The molecular weight excluding hydrogens is 706 g/mol.